The third-order valence-corrected chi connectivity index (χ3v) is 7.47. The number of phenols is 1. The van der Waals surface area contributed by atoms with Crippen LogP contribution in [0.5, 0.6) is 11.5 Å². The number of carbonyl (C=O) groups is 2. The molecule has 10 nitrogen and oxygen atoms in total. The molecule has 3 aliphatic rings. The van der Waals surface area contributed by atoms with Gasteiger partial charge < -0.3 is 24.4 Å². The fourth-order valence-corrected chi connectivity index (χ4v) is 5.35. The molecule has 3 aliphatic heterocycles. The quantitative estimate of drug-likeness (QED) is 0.507. The van der Waals surface area contributed by atoms with Crippen LogP contribution in [-0.4, -0.2) is 87.8 Å². The molecule has 2 N–H and O–H groups in total. The van der Waals surface area contributed by atoms with Gasteiger partial charge in [0.1, 0.15) is 18.1 Å². The second-order valence-corrected chi connectivity index (χ2v) is 9.90. The third kappa shape index (κ3) is 4.86. The van der Waals surface area contributed by atoms with Crippen molar-refractivity contribution in [1.82, 2.24) is 24.9 Å². The van der Waals surface area contributed by atoms with Gasteiger partial charge in [0.2, 0.25) is 5.91 Å². The number of nitrogens with zero attached hydrogens (tertiary/aromatic N) is 4. The number of aromatic hydroxyl groups is 1. The van der Waals surface area contributed by atoms with E-state index in [0.29, 0.717) is 44.7 Å². The Balaban J connectivity index is 1.14. The molecule has 4 heterocycles. The van der Waals surface area contributed by atoms with E-state index < -0.39 is 0 Å². The molecule has 0 radical (unpaired) electrons. The van der Waals surface area contributed by atoms with Crippen LogP contribution in [0.1, 0.15) is 40.0 Å². The number of likely N-dealkylation sites (tertiary alicyclic amines) is 1. The number of hydrogen-bond acceptors (Lipinski definition) is 7. The van der Waals surface area contributed by atoms with Crippen molar-refractivity contribution >= 4 is 22.7 Å². The molecule has 2 aromatic carbocycles. The SMILES string of the molecule is O=C1CCCN1Cc1[nH]nc2cc(O)c(C(=O)N3Cc4ccc(OCCN5CCOCC5)cc4C3)cc12. The van der Waals surface area contributed by atoms with Crippen LogP contribution in [0.15, 0.2) is 30.3 Å². The molecule has 37 heavy (non-hydrogen) atoms. The summed E-state index contributed by atoms with van der Waals surface area (Å²) in [4.78, 5) is 31.4. The Labute approximate surface area is 214 Å². The molecule has 194 valence electrons. The van der Waals surface area contributed by atoms with E-state index in [4.69, 9.17) is 9.47 Å². The number of amides is 2. The van der Waals surface area contributed by atoms with E-state index >= 15 is 0 Å². The van der Waals surface area contributed by atoms with Gasteiger partial charge in [0.05, 0.1) is 36.5 Å². The molecule has 0 unspecified atom stereocenters. The summed E-state index contributed by atoms with van der Waals surface area (Å²) < 4.78 is 11.4. The molecule has 0 bridgehead atoms. The Hall–Kier alpha value is -3.63. The highest BCUT2D eigenvalue weighted by atomic mass is 16.5. The number of H-pyrrole nitrogens is 1. The summed E-state index contributed by atoms with van der Waals surface area (Å²) in [7, 11) is 0. The number of aromatic nitrogens is 2. The van der Waals surface area contributed by atoms with Crippen molar-refractivity contribution in [3.63, 3.8) is 0 Å². The molecule has 0 aliphatic carbocycles. The van der Waals surface area contributed by atoms with Crippen molar-refractivity contribution in [2.45, 2.75) is 32.5 Å². The molecule has 0 saturated carbocycles. The van der Waals surface area contributed by atoms with Gasteiger partial charge in [-0.1, -0.05) is 6.07 Å². The lowest BCUT2D eigenvalue weighted by Gasteiger charge is -2.26. The largest absolute Gasteiger partial charge is 0.507 e. The average Bonchev–Trinajstić information content (AvgIpc) is 3.62. The lowest BCUT2D eigenvalue weighted by atomic mass is 10.1. The maximum atomic E-state index is 13.5. The number of benzene rings is 2. The van der Waals surface area contributed by atoms with Gasteiger partial charge in [-0.3, -0.25) is 19.6 Å². The Morgan fingerprint density at radius 1 is 1.11 bits per heavy atom. The molecule has 0 spiro atoms. The van der Waals surface area contributed by atoms with Crippen molar-refractivity contribution in [2.75, 3.05) is 46.0 Å². The minimum atomic E-state index is -0.241. The number of aromatic amines is 1. The van der Waals surface area contributed by atoms with Crippen LogP contribution in [-0.2, 0) is 29.2 Å². The molecular weight excluding hydrogens is 474 g/mol. The third-order valence-electron chi connectivity index (χ3n) is 7.47. The summed E-state index contributed by atoms with van der Waals surface area (Å²) in [5.41, 5.74) is 3.69. The molecule has 6 rings (SSSR count). The zero-order valence-corrected chi connectivity index (χ0v) is 20.7. The van der Waals surface area contributed by atoms with Gasteiger partial charge in [0, 0.05) is 57.1 Å². The second kappa shape index (κ2) is 10.0. The van der Waals surface area contributed by atoms with E-state index in [1.165, 1.54) is 6.07 Å². The average molecular weight is 506 g/mol. The van der Waals surface area contributed by atoms with Crippen LogP contribution in [0.4, 0.5) is 0 Å². The van der Waals surface area contributed by atoms with E-state index in [2.05, 4.69) is 15.1 Å². The Morgan fingerprint density at radius 3 is 2.76 bits per heavy atom. The maximum absolute atomic E-state index is 13.5. The van der Waals surface area contributed by atoms with Gasteiger partial charge in [-0.25, -0.2) is 0 Å². The minimum Gasteiger partial charge on any atom is -0.507 e. The summed E-state index contributed by atoms with van der Waals surface area (Å²) in [5.74, 6) is 0.577. The first-order valence-corrected chi connectivity index (χ1v) is 12.9. The second-order valence-electron chi connectivity index (χ2n) is 9.90. The maximum Gasteiger partial charge on any atom is 0.258 e. The predicted octanol–water partition coefficient (Wildman–Crippen LogP) is 2.26. The summed E-state index contributed by atoms with van der Waals surface area (Å²) in [6.07, 6.45) is 1.41. The van der Waals surface area contributed by atoms with Crippen molar-refractivity contribution in [2.24, 2.45) is 0 Å². The van der Waals surface area contributed by atoms with Crippen molar-refractivity contribution in [1.29, 1.82) is 0 Å². The lowest BCUT2D eigenvalue weighted by Crippen LogP contribution is -2.38. The number of ether oxygens (including phenoxy) is 2. The predicted molar refractivity (Wildman–Crippen MR) is 135 cm³/mol. The van der Waals surface area contributed by atoms with Gasteiger partial charge in [-0.2, -0.15) is 5.10 Å². The molecule has 2 saturated heterocycles. The summed E-state index contributed by atoms with van der Waals surface area (Å²) in [6.45, 7) is 6.91. The number of phenolic OH excluding ortho intramolecular Hbond substituents is 1. The number of fused-ring (bicyclic) bond motifs is 2. The summed E-state index contributed by atoms with van der Waals surface area (Å²) in [5, 5.41) is 18.6. The highest BCUT2D eigenvalue weighted by Gasteiger charge is 2.28. The van der Waals surface area contributed by atoms with Crippen LogP contribution in [0, 0.1) is 0 Å². The van der Waals surface area contributed by atoms with Crippen LogP contribution in [0.3, 0.4) is 0 Å². The first-order valence-electron chi connectivity index (χ1n) is 12.9. The zero-order chi connectivity index (χ0) is 25.4. The number of nitrogens with one attached hydrogen (secondary N) is 1. The standard InChI is InChI=1S/C27H31N5O5/c33-25-14-23-21(24(29-28-23)17-31-5-1-2-26(31)34)13-22(25)27(35)32-15-18-3-4-20(12-19(18)16-32)37-11-8-30-6-9-36-10-7-30/h3-4,12-14,33H,1-2,5-11,15-17H2,(H,28,29). The number of rotatable bonds is 7. The fraction of sp³-hybridized carbons (Fsp3) is 0.444. The number of morpholine rings is 1. The first kappa shape index (κ1) is 23.7. The summed E-state index contributed by atoms with van der Waals surface area (Å²) in [6, 6.07) is 9.17. The van der Waals surface area contributed by atoms with Crippen LogP contribution >= 0.6 is 0 Å². The molecule has 10 heteroatoms. The van der Waals surface area contributed by atoms with Gasteiger partial charge in [-0.05, 0) is 35.7 Å². The van der Waals surface area contributed by atoms with Crippen LogP contribution in [0.25, 0.3) is 10.9 Å². The van der Waals surface area contributed by atoms with E-state index in [1.54, 1.807) is 15.9 Å². The molecule has 1 aromatic heterocycles. The monoisotopic (exact) mass is 505 g/mol. The van der Waals surface area contributed by atoms with Gasteiger partial charge >= 0.3 is 0 Å². The zero-order valence-electron chi connectivity index (χ0n) is 20.7. The first-order chi connectivity index (χ1) is 18.0. The molecular formula is C27H31N5O5. The molecule has 2 fully saturated rings. The Kier molecular flexibility index (Phi) is 6.43. The molecule has 0 atom stereocenters. The minimum absolute atomic E-state index is 0.101. The Bertz CT molecular complexity index is 1330. The van der Waals surface area contributed by atoms with Crippen molar-refractivity contribution in [3.8, 4) is 11.5 Å². The van der Waals surface area contributed by atoms with E-state index in [-0.39, 0.29) is 23.1 Å². The lowest BCUT2D eigenvalue weighted by molar-refractivity contribution is -0.128. The van der Waals surface area contributed by atoms with E-state index in [9.17, 15) is 14.7 Å². The van der Waals surface area contributed by atoms with Crippen molar-refractivity contribution in [3.05, 3.63) is 52.7 Å². The highest BCUT2D eigenvalue weighted by Crippen LogP contribution is 2.32. The smallest absolute Gasteiger partial charge is 0.258 e. The van der Waals surface area contributed by atoms with Gasteiger partial charge in [-0.15, -0.1) is 0 Å². The number of hydrogen-bond donors (Lipinski definition) is 2. The topological polar surface area (TPSA) is 111 Å². The van der Waals surface area contributed by atoms with Gasteiger partial charge in [0.15, 0.2) is 0 Å². The summed E-state index contributed by atoms with van der Waals surface area (Å²) >= 11 is 0. The molecule has 3 aromatic rings. The van der Waals surface area contributed by atoms with Crippen LogP contribution in [0.2, 0.25) is 0 Å². The molecule has 2 amide bonds. The number of carbonyl (C=O) groups excluding carboxylic acids is 2. The Morgan fingerprint density at radius 2 is 1.95 bits per heavy atom. The van der Waals surface area contributed by atoms with Gasteiger partial charge in [0.25, 0.3) is 5.91 Å². The van der Waals surface area contributed by atoms with E-state index in [0.717, 1.165) is 67.2 Å². The van der Waals surface area contributed by atoms with E-state index in [1.807, 2.05) is 18.2 Å². The van der Waals surface area contributed by atoms with Crippen molar-refractivity contribution < 1.29 is 24.2 Å². The van der Waals surface area contributed by atoms with Crippen LogP contribution < -0.4 is 4.74 Å². The highest BCUT2D eigenvalue weighted by molar-refractivity contribution is 6.01. The fourth-order valence-electron chi connectivity index (χ4n) is 5.35. The normalized spacial score (nSPS) is 18.1.